The van der Waals surface area contributed by atoms with Gasteiger partial charge in [-0.2, -0.15) is 0 Å². The van der Waals surface area contributed by atoms with Crippen LogP contribution in [0.5, 0.6) is 0 Å². The Hall–Kier alpha value is -2.53. The summed E-state index contributed by atoms with van der Waals surface area (Å²) in [5, 5.41) is 13.7. The number of hydrogen-bond acceptors (Lipinski definition) is 8. The fraction of sp³-hybridized carbons (Fsp3) is 0.679. The molecule has 3 saturated heterocycles. The zero-order chi connectivity index (χ0) is 28.0. The molecule has 0 saturated carbocycles. The highest BCUT2D eigenvalue weighted by Crippen LogP contribution is 2.43. The van der Waals surface area contributed by atoms with Crippen LogP contribution in [-0.4, -0.2) is 77.8 Å². The molecule has 3 rings (SSSR count). The van der Waals surface area contributed by atoms with Gasteiger partial charge in [0.2, 0.25) is 11.8 Å². The predicted octanol–water partition coefficient (Wildman–Crippen LogP) is 1.85. The van der Waals surface area contributed by atoms with Crippen LogP contribution in [0.2, 0.25) is 0 Å². The Morgan fingerprint density at radius 3 is 2.55 bits per heavy atom. The van der Waals surface area contributed by atoms with Crippen molar-refractivity contribution in [2.75, 3.05) is 6.61 Å². The second kappa shape index (κ2) is 13.0. The Labute approximate surface area is 224 Å². The molecule has 4 N–H and O–H groups in total. The van der Waals surface area contributed by atoms with Crippen molar-refractivity contribution >= 4 is 17.8 Å². The van der Waals surface area contributed by atoms with Crippen molar-refractivity contribution in [1.29, 1.82) is 0 Å². The number of esters is 1. The molecule has 0 aromatic heterocycles. The van der Waals surface area contributed by atoms with E-state index in [0.29, 0.717) is 19.4 Å². The van der Waals surface area contributed by atoms with Crippen molar-refractivity contribution < 1.29 is 38.4 Å². The average molecular weight is 535 g/mol. The van der Waals surface area contributed by atoms with Gasteiger partial charge in [0.1, 0.15) is 23.9 Å². The summed E-state index contributed by atoms with van der Waals surface area (Å²) in [4.78, 5) is 34.7. The summed E-state index contributed by atoms with van der Waals surface area (Å²) in [5.74, 6) is -0.867. The van der Waals surface area contributed by atoms with Crippen molar-refractivity contribution in [3.8, 4) is 0 Å². The van der Waals surface area contributed by atoms with Gasteiger partial charge < -0.3 is 35.1 Å². The van der Waals surface area contributed by atoms with Crippen molar-refractivity contribution in [1.82, 2.24) is 5.32 Å². The maximum atomic E-state index is 12.3. The topological polar surface area (TPSA) is 150 Å². The minimum atomic E-state index is -0.801. The second-order valence-electron chi connectivity index (χ2n) is 10.8. The third-order valence-corrected chi connectivity index (χ3v) is 7.35. The largest absolute Gasteiger partial charge is 0.459 e. The van der Waals surface area contributed by atoms with Crippen LogP contribution in [0.1, 0.15) is 60.3 Å². The van der Waals surface area contributed by atoms with Crippen LogP contribution in [0.4, 0.5) is 0 Å². The highest BCUT2D eigenvalue weighted by molar-refractivity contribution is 5.87. The number of rotatable bonds is 10. The van der Waals surface area contributed by atoms with E-state index in [1.807, 2.05) is 26.0 Å². The Kier molecular flexibility index (Phi) is 10.3. The first-order valence-electron chi connectivity index (χ1n) is 13.3. The van der Waals surface area contributed by atoms with Gasteiger partial charge in [-0.05, 0) is 45.6 Å². The van der Waals surface area contributed by atoms with E-state index in [-0.39, 0.29) is 42.6 Å². The smallest absolute Gasteiger partial charge is 0.303 e. The maximum Gasteiger partial charge on any atom is 0.303 e. The monoisotopic (exact) mass is 534 g/mol. The number of nitrogens with two attached hydrogens (primary N) is 1. The lowest BCUT2D eigenvalue weighted by Crippen LogP contribution is -2.50. The third kappa shape index (κ3) is 8.49. The standard InChI is InChI=1S/C28H42N2O8/c1-16(7-10-24-27(34)28(15-35-28)14-21(38-24)13-25(29)32)6-9-23-17(2)12-22(19(4)37-23)30-26(33)11-8-18(3)36-20(5)31/h6-8,10-11,17-19,21-24,27,34H,9,12-15H2,1-5H3,(H2,29,32)(H,30,33)/t17-,18-,19+,21+,22+,23-,24+,27+,28+/m0/s1. The first-order valence-corrected chi connectivity index (χ1v) is 13.3. The quantitative estimate of drug-likeness (QED) is 0.166. The molecule has 3 aliphatic heterocycles. The summed E-state index contributed by atoms with van der Waals surface area (Å²) < 4.78 is 22.7. The second-order valence-corrected chi connectivity index (χ2v) is 10.8. The van der Waals surface area contributed by atoms with Crippen molar-refractivity contribution in [2.45, 2.75) is 109 Å². The van der Waals surface area contributed by atoms with E-state index in [4.69, 9.17) is 24.7 Å². The third-order valence-electron chi connectivity index (χ3n) is 7.35. The molecule has 3 fully saturated rings. The van der Waals surface area contributed by atoms with E-state index in [0.717, 1.165) is 12.0 Å². The number of amides is 2. The lowest BCUT2D eigenvalue weighted by molar-refractivity contribution is -0.144. The highest BCUT2D eigenvalue weighted by atomic mass is 16.6. The van der Waals surface area contributed by atoms with E-state index < -0.39 is 35.8 Å². The minimum Gasteiger partial charge on any atom is -0.459 e. The van der Waals surface area contributed by atoms with Crippen molar-refractivity contribution in [3.63, 3.8) is 0 Å². The van der Waals surface area contributed by atoms with Crippen LogP contribution in [0.3, 0.4) is 0 Å². The van der Waals surface area contributed by atoms with Gasteiger partial charge >= 0.3 is 5.97 Å². The molecule has 0 radical (unpaired) electrons. The molecular formula is C28H42N2O8. The zero-order valence-electron chi connectivity index (χ0n) is 22.9. The summed E-state index contributed by atoms with van der Waals surface area (Å²) in [5.41, 5.74) is 5.69. The molecule has 0 aliphatic carbocycles. The molecule has 0 unspecified atom stereocenters. The van der Waals surface area contributed by atoms with Gasteiger partial charge in [0.05, 0.1) is 37.4 Å². The van der Waals surface area contributed by atoms with E-state index in [1.54, 1.807) is 13.0 Å². The molecule has 1 spiro atoms. The molecule has 10 nitrogen and oxygen atoms in total. The van der Waals surface area contributed by atoms with Crippen LogP contribution in [0.25, 0.3) is 0 Å². The number of ether oxygens (including phenoxy) is 4. The molecule has 38 heavy (non-hydrogen) atoms. The highest BCUT2D eigenvalue weighted by Gasteiger charge is 2.58. The molecule has 3 heterocycles. The summed E-state index contributed by atoms with van der Waals surface area (Å²) in [6, 6.07) is -0.123. The SMILES string of the molecule is CC(=O)O[C@@H](C)C=CC(=O)N[C@@H]1C[C@H](C)[C@H](CC=C(C)C=C[C@H]2O[C@H](CC(N)=O)C[C@@]3(CO3)[C@@H]2O)O[C@@H]1C. The van der Waals surface area contributed by atoms with Gasteiger partial charge in [0.15, 0.2) is 0 Å². The molecule has 0 bridgehead atoms. The summed E-state index contributed by atoms with van der Waals surface area (Å²) >= 11 is 0. The van der Waals surface area contributed by atoms with Crippen LogP contribution in [-0.2, 0) is 33.3 Å². The van der Waals surface area contributed by atoms with E-state index in [2.05, 4.69) is 18.3 Å². The lowest BCUT2D eigenvalue weighted by atomic mass is 9.87. The number of primary amides is 1. The number of hydrogen-bond donors (Lipinski definition) is 3. The summed E-state index contributed by atoms with van der Waals surface area (Å²) in [6.07, 6.45) is 8.36. The van der Waals surface area contributed by atoms with Crippen LogP contribution >= 0.6 is 0 Å². The number of nitrogens with one attached hydrogen (secondary N) is 1. The fourth-order valence-electron chi connectivity index (χ4n) is 5.11. The Balaban J connectivity index is 1.49. The van der Waals surface area contributed by atoms with Crippen LogP contribution in [0.15, 0.2) is 36.0 Å². The number of allylic oxidation sites excluding steroid dienone is 2. The maximum absolute atomic E-state index is 12.3. The molecule has 0 aromatic rings. The molecule has 212 valence electrons. The number of aliphatic hydroxyl groups excluding tert-OH is 1. The number of aliphatic hydroxyl groups is 1. The minimum absolute atomic E-state index is 0.000587. The fourth-order valence-corrected chi connectivity index (χ4v) is 5.11. The summed E-state index contributed by atoms with van der Waals surface area (Å²) in [6.45, 7) is 9.50. The van der Waals surface area contributed by atoms with Crippen LogP contribution in [0, 0.1) is 5.92 Å². The Morgan fingerprint density at radius 2 is 1.92 bits per heavy atom. The lowest BCUT2D eigenvalue weighted by Gasteiger charge is -2.39. The van der Waals surface area contributed by atoms with Crippen LogP contribution < -0.4 is 11.1 Å². The predicted molar refractivity (Wildman–Crippen MR) is 140 cm³/mol. The van der Waals surface area contributed by atoms with Gasteiger partial charge in [-0.3, -0.25) is 14.4 Å². The molecule has 10 heteroatoms. The number of carbonyl (C=O) groups excluding carboxylic acids is 3. The van der Waals surface area contributed by atoms with Crippen molar-refractivity contribution in [3.05, 3.63) is 36.0 Å². The first-order chi connectivity index (χ1) is 17.9. The Bertz CT molecular complexity index is 957. The molecule has 2 amide bonds. The van der Waals surface area contributed by atoms with Gasteiger partial charge in [-0.15, -0.1) is 0 Å². The van der Waals surface area contributed by atoms with Gasteiger partial charge in [0.25, 0.3) is 0 Å². The number of epoxide rings is 1. The van der Waals surface area contributed by atoms with Gasteiger partial charge in [0, 0.05) is 19.4 Å². The molecule has 0 aromatic carbocycles. The zero-order valence-corrected chi connectivity index (χ0v) is 22.9. The summed E-state index contributed by atoms with van der Waals surface area (Å²) in [7, 11) is 0. The van der Waals surface area contributed by atoms with E-state index in [1.165, 1.54) is 13.0 Å². The molecule has 3 aliphatic rings. The van der Waals surface area contributed by atoms with Gasteiger partial charge in [-0.1, -0.05) is 30.7 Å². The normalized spacial score (nSPS) is 36.4. The first kappa shape index (κ1) is 30.0. The molecular weight excluding hydrogens is 492 g/mol. The number of carbonyl (C=O) groups is 3. The van der Waals surface area contributed by atoms with E-state index >= 15 is 0 Å². The van der Waals surface area contributed by atoms with Gasteiger partial charge in [-0.25, -0.2) is 0 Å². The van der Waals surface area contributed by atoms with Crippen molar-refractivity contribution in [2.24, 2.45) is 11.7 Å². The average Bonchev–Trinajstić information content (AvgIpc) is 3.59. The van der Waals surface area contributed by atoms with E-state index in [9.17, 15) is 19.5 Å². The Morgan fingerprint density at radius 1 is 1.21 bits per heavy atom. The molecule has 9 atom stereocenters.